The summed E-state index contributed by atoms with van der Waals surface area (Å²) in [5, 5.41) is 0. The lowest BCUT2D eigenvalue weighted by Gasteiger charge is -2.25. The van der Waals surface area contributed by atoms with Crippen molar-refractivity contribution in [3.05, 3.63) is 35.4 Å². The second-order valence-electron chi connectivity index (χ2n) is 4.86. The van der Waals surface area contributed by atoms with Gasteiger partial charge in [0.05, 0.1) is 0 Å². The first kappa shape index (κ1) is 11.2. The average Bonchev–Trinajstić information content (AvgIpc) is 3.10. The molecule has 0 N–H and O–H groups in total. The van der Waals surface area contributed by atoms with Gasteiger partial charge in [-0.1, -0.05) is 17.7 Å². The molecular weight excluding hydrogens is 198 g/mol. The molecule has 2 heteroatoms. The van der Waals surface area contributed by atoms with Crippen molar-refractivity contribution in [2.75, 3.05) is 7.05 Å². The maximum atomic E-state index is 12.2. The van der Waals surface area contributed by atoms with Crippen molar-refractivity contribution in [2.24, 2.45) is 5.92 Å². The molecule has 0 aliphatic heterocycles. The van der Waals surface area contributed by atoms with E-state index in [0.29, 0.717) is 6.04 Å². The Morgan fingerprint density at radius 1 is 1.44 bits per heavy atom. The molecular formula is C14H19NO. The Hall–Kier alpha value is -1.31. The van der Waals surface area contributed by atoms with Gasteiger partial charge in [-0.25, -0.2) is 0 Å². The van der Waals surface area contributed by atoms with E-state index in [1.165, 1.54) is 12.8 Å². The fourth-order valence-corrected chi connectivity index (χ4v) is 2.06. The number of carbonyl (C=O) groups is 1. The maximum Gasteiger partial charge on any atom is 0.253 e. The van der Waals surface area contributed by atoms with E-state index in [9.17, 15) is 4.79 Å². The van der Waals surface area contributed by atoms with Gasteiger partial charge in [0, 0.05) is 18.7 Å². The minimum absolute atomic E-state index is 0.142. The van der Waals surface area contributed by atoms with E-state index in [4.69, 9.17) is 0 Å². The second-order valence-corrected chi connectivity index (χ2v) is 4.86. The highest BCUT2D eigenvalue weighted by atomic mass is 16.2. The summed E-state index contributed by atoms with van der Waals surface area (Å²) >= 11 is 0. The Labute approximate surface area is 97.3 Å². The molecule has 1 aliphatic carbocycles. The molecule has 1 aromatic rings. The molecule has 16 heavy (non-hydrogen) atoms. The molecule has 0 bridgehead atoms. The molecule has 86 valence electrons. The maximum absolute atomic E-state index is 12.2. The summed E-state index contributed by atoms with van der Waals surface area (Å²) in [7, 11) is 1.91. The van der Waals surface area contributed by atoms with Crippen LogP contribution in [0, 0.1) is 12.8 Å². The molecule has 2 rings (SSSR count). The number of carbonyl (C=O) groups excluding carboxylic acids is 1. The van der Waals surface area contributed by atoms with Crippen LogP contribution in [-0.2, 0) is 0 Å². The SMILES string of the molecule is Cc1cccc(C(=O)N(C)C(C)C2CC2)c1. The summed E-state index contributed by atoms with van der Waals surface area (Å²) in [6.07, 6.45) is 2.54. The van der Waals surface area contributed by atoms with Crippen molar-refractivity contribution in [1.82, 2.24) is 4.90 Å². The lowest BCUT2D eigenvalue weighted by molar-refractivity contribution is 0.0727. The monoisotopic (exact) mass is 217 g/mol. The molecule has 1 saturated carbocycles. The van der Waals surface area contributed by atoms with E-state index >= 15 is 0 Å². The zero-order chi connectivity index (χ0) is 11.7. The minimum atomic E-state index is 0.142. The van der Waals surface area contributed by atoms with Gasteiger partial charge < -0.3 is 4.90 Å². The zero-order valence-electron chi connectivity index (χ0n) is 10.2. The van der Waals surface area contributed by atoms with Crippen molar-refractivity contribution in [2.45, 2.75) is 32.7 Å². The van der Waals surface area contributed by atoms with Gasteiger partial charge in [0.1, 0.15) is 0 Å². The first-order chi connectivity index (χ1) is 7.59. The normalized spacial score (nSPS) is 16.9. The van der Waals surface area contributed by atoms with Crippen LogP contribution in [0.1, 0.15) is 35.7 Å². The molecule has 0 heterocycles. The zero-order valence-corrected chi connectivity index (χ0v) is 10.2. The summed E-state index contributed by atoms with van der Waals surface area (Å²) in [4.78, 5) is 14.1. The predicted octanol–water partition coefficient (Wildman–Crippen LogP) is 2.87. The number of rotatable bonds is 3. The van der Waals surface area contributed by atoms with Crippen LogP contribution < -0.4 is 0 Å². The second kappa shape index (κ2) is 4.28. The lowest BCUT2D eigenvalue weighted by atomic mass is 10.1. The summed E-state index contributed by atoms with van der Waals surface area (Å²) < 4.78 is 0. The van der Waals surface area contributed by atoms with Crippen molar-refractivity contribution < 1.29 is 4.79 Å². The summed E-state index contributed by atoms with van der Waals surface area (Å²) in [5.74, 6) is 0.863. The van der Waals surface area contributed by atoms with Gasteiger partial charge in [-0.2, -0.15) is 0 Å². The molecule has 0 radical (unpaired) electrons. The molecule has 1 fully saturated rings. The number of nitrogens with zero attached hydrogens (tertiary/aromatic N) is 1. The average molecular weight is 217 g/mol. The molecule has 1 aliphatic rings. The van der Waals surface area contributed by atoms with E-state index in [0.717, 1.165) is 17.0 Å². The smallest absolute Gasteiger partial charge is 0.253 e. The fraction of sp³-hybridized carbons (Fsp3) is 0.500. The van der Waals surface area contributed by atoms with E-state index in [1.807, 2.05) is 43.1 Å². The molecule has 1 aromatic carbocycles. The fourth-order valence-electron chi connectivity index (χ4n) is 2.06. The van der Waals surface area contributed by atoms with E-state index in [-0.39, 0.29) is 5.91 Å². The molecule has 0 saturated heterocycles. The highest BCUT2D eigenvalue weighted by Crippen LogP contribution is 2.35. The third kappa shape index (κ3) is 2.26. The summed E-state index contributed by atoms with van der Waals surface area (Å²) in [6, 6.07) is 8.18. The van der Waals surface area contributed by atoms with Gasteiger partial charge in [-0.3, -0.25) is 4.79 Å². The Balaban J connectivity index is 2.11. The van der Waals surface area contributed by atoms with Gasteiger partial charge >= 0.3 is 0 Å². The van der Waals surface area contributed by atoms with Crippen LogP contribution in [-0.4, -0.2) is 23.9 Å². The highest BCUT2D eigenvalue weighted by molar-refractivity contribution is 5.94. The number of benzene rings is 1. The van der Waals surface area contributed by atoms with Crippen LogP contribution in [0.5, 0.6) is 0 Å². The highest BCUT2D eigenvalue weighted by Gasteiger charge is 2.32. The van der Waals surface area contributed by atoms with E-state index in [1.54, 1.807) is 0 Å². The number of hydrogen-bond donors (Lipinski definition) is 0. The van der Waals surface area contributed by atoms with Crippen LogP contribution in [0.2, 0.25) is 0 Å². The van der Waals surface area contributed by atoms with Crippen molar-refractivity contribution in [3.8, 4) is 0 Å². The quantitative estimate of drug-likeness (QED) is 0.762. The number of amides is 1. The number of hydrogen-bond acceptors (Lipinski definition) is 1. The molecule has 0 spiro atoms. The van der Waals surface area contributed by atoms with Crippen LogP contribution in [0.25, 0.3) is 0 Å². The van der Waals surface area contributed by atoms with Crippen molar-refractivity contribution in [3.63, 3.8) is 0 Å². The van der Waals surface area contributed by atoms with E-state index < -0.39 is 0 Å². The van der Waals surface area contributed by atoms with E-state index in [2.05, 4.69) is 6.92 Å². The van der Waals surface area contributed by atoms with Crippen LogP contribution in [0.3, 0.4) is 0 Å². The van der Waals surface area contributed by atoms with Gasteiger partial charge in [0.25, 0.3) is 5.91 Å². The van der Waals surface area contributed by atoms with Crippen LogP contribution >= 0.6 is 0 Å². The molecule has 1 atom stereocenters. The Bertz CT molecular complexity index is 395. The summed E-state index contributed by atoms with van der Waals surface area (Å²) in [6.45, 7) is 4.16. The van der Waals surface area contributed by atoms with Crippen LogP contribution in [0.15, 0.2) is 24.3 Å². The first-order valence-corrected chi connectivity index (χ1v) is 5.93. The van der Waals surface area contributed by atoms with Crippen LogP contribution in [0.4, 0.5) is 0 Å². The van der Waals surface area contributed by atoms with Gasteiger partial charge in [-0.15, -0.1) is 0 Å². The Kier molecular flexibility index (Phi) is 2.99. The lowest BCUT2D eigenvalue weighted by Crippen LogP contribution is -2.36. The van der Waals surface area contributed by atoms with Crippen molar-refractivity contribution in [1.29, 1.82) is 0 Å². The Morgan fingerprint density at radius 3 is 2.69 bits per heavy atom. The predicted molar refractivity (Wildman–Crippen MR) is 65.5 cm³/mol. The third-order valence-electron chi connectivity index (χ3n) is 3.50. The molecule has 2 nitrogen and oxygen atoms in total. The van der Waals surface area contributed by atoms with Crippen molar-refractivity contribution >= 4 is 5.91 Å². The molecule has 1 amide bonds. The standard InChI is InChI=1S/C14H19NO/c1-10-5-4-6-13(9-10)14(16)15(3)11(2)12-7-8-12/h4-6,9,11-12H,7-8H2,1-3H3. The number of aryl methyl sites for hydroxylation is 1. The van der Waals surface area contributed by atoms with Gasteiger partial charge in [0.2, 0.25) is 0 Å². The Morgan fingerprint density at radius 2 is 2.12 bits per heavy atom. The summed E-state index contributed by atoms with van der Waals surface area (Å²) in [5.41, 5.74) is 1.94. The third-order valence-corrected chi connectivity index (χ3v) is 3.50. The molecule has 0 aromatic heterocycles. The topological polar surface area (TPSA) is 20.3 Å². The minimum Gasteiger partial charge on any atom is -0.339 e. The molecule has 1 unspecified atom stereocenters. The van der Waals surface area contributed by atoms with Gasteiger partial charge in [-0.05, 0) is 44.7 Å². The van der Waals surface area contributed by atoms with Gasteiger partial charge in [0.15, 0.2) is 0 Å². The first-order valence-electron chi connectivity index (χ1n) is 5.93. The largest absolute Gasteiger partial charge is 0.339 e.